The summed E-state index contributed by atoms with van der Waals surface area (Å²) in [6.07, 6.45) is 13.4. The lowest BCUT2D eigenvalue weighted by atomic mass is 9.98. The third-order valence-corrected chi connectivity index (χ3v) is 4.48. The number of rotatable bonds is 7. The van der Waals surface area contributed by atoms with Gasteiger partial charge >= 0.3 is 0 Å². The molecular formula is C28H35N. The predicted molar refractivity (Wildman–Crippen MR) is 132 cm³/mol. The first kappa shape index (κ1) is 24.1. The maximum absolute atomic E-state index is 4.92. The van der Waals surface area contributed by atoms with E-state index in [-0.39, 0.29) is 0 Å². The smallest absolute Gasteiger partial charge is 0.0715 e. The van der Waals surface area contributed by atoms with E-state index in [0.29, 0.717) is 0 Å². The number of pyridine rings is 1. The van der Waals surface area contributed by atoms with Gasteiger partial charge in [-0.15, -0.1) is 0 Å². The van der Waals surface area contributed by atoms with Crippen molar-refractivity contribution in [2.75, 3.05) is 0 Å². The molecule has 29 heavy (non-hydrogen) atoms. The molecule has 0 saturated heterocycles. The van der Waals surface area contributed by atoms with E-state index in [1.54, 1.807) is 0 Å². The zero-order valence-electron chi connectivity index (χ0n) is 18.9. The average molecular weight is 386 g/mol. The fraction of sp³-hybridized carbons (Fsp3) is 0.250. The zero-order chi connectivity index (χ0) is 21.6. The summed E-state index contributed by atoms with van der Waals surface area (Å²) < 4.78 is 0. The third kappa shape index (κ3) is 7.19. The van der Waals surface area contributed by atoms with Crippen molar-refractivity contribution in [3.63, 3.8) is 0 Å². The number of allylic oxidation sites excluding steroid dienone is 9. The normalized spacial score (nSPS) is 12.6. The molecular weight excluding hydrogens is 350 g/mol. The molecule has 0 bridgehead atoms. The van der Waals surface area contributed by atoms with Gasteiger partial charge in [-0.25, -0.2) is 4.98 Å². The summed E-state index contributed by atoms with van der Waals surface area (Å²) in [5.41, 5.74) is 7.77. The van der Waals surface area contributed by atoms with Crippen LogP contribution in [0.25, 0.3) is 22.4 Å². The number of hydrogen-bond acceptors (Lipinski definition) is 1. The standard InChI is InChI=1S/C26H29N.C2H6/c1-6-10-14-21(8-3)25-18-24(22(9-4)17-20(5)7-2)19-26(27-25)23-15-12-11-13-16-23;1-2/h6,8-19H,3,7H2,1-2,4-5H3;1-2H3/b10-6-,20-17-,21-14+,22-9+;. The van der Waals surface area contributed by atoms with Gasteiger partial charge in [0, 0.05) is 5.56 Å². The van der Waals surface area contributed by atoms with Gasteiger partial charge in [-0.05, 0) is 56.0 Å². The van der Waals surface area contributed by atoms with E-state index < -0.39 is 0 Å². The molecule has 1 heterocycles. The Kier molecular flexibility index (Phi) is 11.0. The van der Waals surface area contributed by atoms with Crippen LogP contribution in [-0.4, -0.2) is 4.98 Å². The van der Waals surface area contributed by atoms with Crippen molar-refractivity contribution in [2.45, 2.75) is 48.0 Å². The van der Waals surface area contributed by atoms with Crippen molar-refractivity contribution in [1.82, 2.24) is 4.98 Å². The van der Waals surface area contributed by atoms with Crippen LogP contribution >= 0.6 is 0 Å². The lowest BCUT2D eigenvalue weighted by molar-refractivity contribution is 1.10. The van der Waals surface area contributed by atoms with Crippen LogP contribution in [0, 0.1) is 0 Å². The summed E-state index contributed by atoms with van der Waals surface area (Å²) in [5.74, 6) is 0. The Bertz CT molecular complexity index is 893. The maximum atomic E-state index is 4.92. The number of nitrogens with zero attached hydrogens (tertiary/aromatic N) is 1. The van der Waals surface area contributed by atoms with E-state index >= 15 is 0 Å². The highest BCUT2D eigenvalue weighted by Gasteiger charge is 2.09. The molecule has 0 aliphatic carbocycles. The minimum Gasteiger partial charge on any atom is -0.248 e. The summed E-state index contributed by atoms with van der Waals surface area (Å²) >= 11 is 0. The van der Waals surface area contributed by atoms with Gasteiger partial charge in [0.15, 0.2) is 0 Å². The molecule has 2 aromatic rings. The molecule has 0 fully saturated rings. The molecule has 0 radical (unpaired) electrons. The Balaban J connectivity index is 0.00000204. The minimum absolute atomic E-state index is 0.932. The van der Waals surface area contributed by atoms with Crippen molar-refractivity contribution < 1.29 is 0 Å². The molecule has 0 atom stereocenters. The summed E-state index contributed by atoms with van der Waals surface area (Å²) in [6, 6.07) is 14.6. The van der Waals surface area contributed by atoms with Gasteiger partial charge in [0.25, 0.3) is 0 Å². The monoisotopic (exact) mass is 385 g/mol. The SMILES string of the molecule is C=C/C(=C\C=C/C)c1cc(C(/C=C(/C)CC)=C/C)cc(-c2ccccc2)n1.CC. The van der Waals surface area contributed by atoms with Gasteiger partial charge in [-0.2, -0.15) is 0 Å². The van der Waals surface area contributed by atoms with E-state index in [2.05, 4.69) is 69.8 Å². The van der Waals surface area contributed by atoms with Crippen LogP contribution in [0.2, 0.25) is 0 Å². The lowest BCUT2D eigenvalue weighted by Gasteiger charge is -2.12. The van der Waals surface area contributed by atoms with Crippen molar-refractivity contribution >= 4 is 11.1 Å². The van der Waals surface area contributed by atoms with E-state index in [9.17, 15) is 0 Å². The molecule has 152 valence electrons. The predicted octanol–water partition coefficient (Wildman–Crippen LogP) is 8.68. The second-order valence-corrected chi connectivity index (χ2v) is 6.43. The number of benzene rings is 1. The minimum atomic E-state index is 0.932. The molecule has 1 heteroatoms. The van der Waals surface area contributed by atoms with Crippen molar-refractivity contribution in [1.29, 1.82) is 0 Å². The van der Waals surface area contributed by atoms with Crippen molar-refractivity contribution in [3.8, 4) is 11.3 Å². The fourth-order valence-electron chi connectivity index (χ4n) is 2.76. The Morgan fingerprint density at radius 2 is 1.72 bits per heavy atom. The molecule has 0 unspecified atom stereocenters. The molecule has 0 N–H and O–H groups in total. The highest BCUT2D eigenvalue weighted by molar-refractivity contribution is 5.81. The topological polar surface area (TPSA) is 12.9 Å². The molecule has 0 saturated carbocycles. The van der Waals surface area contributed by atoms with Crippen LogP contribution in [-0.2, 0) is 0 Å². The second kappa shape index (κ2) is 13.3. The van der Waals surface area contributed by atoms with Crippen molar-refractivity contribution in [3.05, 3.63) is 102 Å². The first-order chi connectivity index (χ1) is 14.1. The van der Waals surface area contributed by atoms with Gasteiger partial charge in [0.2, 0.25) is 0 Å². The van der Waals surface area contributed by atoms with Gasteiger partial charge in [0.1, 0.15) is 0 Å². The van der Waals surface area contributed by atoms with Crippen LogP contribution in [0.15, 0.2) is 91.1 Å². The molecule has 1 aromatic heterocycles. The molecule has 1 nitrogen and oxygen atoms in total. The Labute approximate surface area is 177 Å². The van der Waals surface area contributed by atoms with E-state index in [1.807, 2.05) is 57.2 Å². The highest BCUT2D eigenvalue weighted by atomic mass is 14.7. The van der Waals surface area contributed by atoms with Gasteiger partial charge in [-0.3, -0.25) is 0 Å². The van der Waals surface area contributed by atoms with E-state index in [4.69, 9.17) is 4.98 Å². The summed E-state index contributed by atoms with van der Waals surface area (Å²) in [7, 11) is 0. The quantitative estimate of drug-likeness (QED) is 0.434. The second-order valence-electron chi connectivity index (χ2n) is 6.43. The summed E-state index contributed by atoms with van der Waals surface area (Å²) in [4.78, 5) is 4.92. The van der Waals surface area contributed by atoms with Crippen LogP contribution in [0.1, 0.15) is 59.2 Å². The largest absolute Gasteiger partial charge is 0.248 e. The molecule has 0 aliphatic rings. The number of hydrogen-bond donors (Lipinski definition) is 0. The van der Waals surface area contributed by atoms with Crippen LogP contribution < -0.4 is 0 Å². The number of aromatic nitrogens is 1. The summed E-state index contributed by atoms with van der Waals surface area (Å²) in [5, 5.41) is 0. The van der Waals surface area contributed by atoms with Gasteiger partial charge in [0.05, 0.1) is 11.4 Å². The molecule has 2 rings (SSSR count). The Morgan fingerprint density at radius 3 is 2.28 bits per heavy atom. The molecule has 0 spiro atoms. The first-order valence-electron chi connectivity index (χ1n) is 10.5. The fourth-order valence-corrected chi connectivity index (χ4v) is 2.76. The first-order valence-corrected chi connectivity index (χ1v) is 10.5. The molecule has 1 aromatic carbocycles. The Hall–Kier alpha value is -2.93. The third-order valence-electron chi connectivity index (χ3n) is 4.48. The highest BCUT2D eigenvalue weighted by Crippen LogP contribution is 2.28. The van der Waals surface area contributed by atoms with Crippen LogP contribution in [0.5, 0.6) is 0 Å². The van der Waals surface area contributed by atoms with Gasteiger partial charge in [-0.1, -0.05) is 99.7 Å². The maximum Gasteiger partial charge on any atom is 0.0715 e. The Morgan fingerprint density at radius 1 is 1.03 bits per heavy atom. The average Bonchev–Trinajstić information content (AvgIpc) is 2.79. The van der Waals surface area contributed by atoms with Crippen molar-refractivity contribution in [2.24, 2.45) is 0 Å². The van der Waals surface area contributed by atoms with Gasteiger partial charge < -0.3 is 0 Å². The molecule has 0 amide bonds. The van der Waals surface area contributed by atoms with E-state index in [1.165, 1.54) is 16.7 Å². The van der Waals surface area contributed by atoms with E-state index in [0.717, 1.165) is 28.9 Å². The lowest BCUT2D eigenvalue weighted by Crippen LogP contribution is -1.95. The van der Waals surface area contributed by atoms with Crippen LogP contribution in [0.3, 0.4) is 0 Å². The molecule has 0 aliphatic heterocycles. The van der Waals surface area contributed by atoms with Crippen LogP contribution in [0.4, 0.5) is 0 Å². The summed E-state index contributed by atoms with van der Waals surface area (Å²) in [6.45, 7) is 16.4. The zero-order valence-corrected chi connectivity index (χ0v) is 18.9.